The molecule has 0 bridgehead atoms. The molecule has 1 atom stereocenters. The molecule has 1 saturated carbocycles. The van der Waals surface area contributed by atoms with Crippen molar-refractivity contribution in [2.45, 2.75) is 43.4 Å². The van der Waals surface area contributed by atoms with Crippen LogP contribution in [0.25, 0.3) is 0 Å². The minimum Gasteiger partial charge on any atom is -0.478 e. The minimum absolute atomic E-state index is 0.0679. The number of hydrogen-bond donors (Lipinski definition) is 1. The van der Waals surface area contributed by atoms with E-state index in [1.54, 1.807) is 23.5 Å². The molecule has 2 aliphatic rings. The van der Waals surface area contributed by atoms with Crippen LogP contribution in [0.15, 0.2) is 46.9 Å². The standard InChI is InChI=1S/C20H20N2O2S/c23-18(24)14-5-7-16(8-6-14)20(9-1-2-10-20)19-22-17(13-25-19)15-4-3-11-21-12-15/h3,5-8,11-13,15H,1-2,4,9-10H2,(H,23,24). The fraction of sp³-hybridized carbons (Fsp3) is 0.350. The lowest BCUT2D eigenvalue weighted by Crippen LogP contribution is -2.24. The van der Waals surface area contributed by atoms with E-state index in [2.05, 4.69) is 16.4 Å². The number of allylic oxidation sites excluding steroid dienone is 1. The molecule has 1 fully saturated rings. The van der Waals surface area contributed by atoms with E-state index in [1.165, 1.54) is 18.4 Å². The van der Waals surface area contributed by atoms with Crippen LogP contribution in [0.4, 0.5) is 0 Å². The van der Waals surface area contributed by atoms with Crippen LogP contribution in [0.2, 0.25) is 0 Å². The molecule has 2 aromatic rings. The fourth-order valence-corrected chi connectivity index (χ4v) is 5.06. The lowest BCUT2D eigenvalue weighted by molar-refractivity contribution is 0.0697. The molecule has 1 aromatic carbocycles. The average molecular weight is 352 g/mol. The van der Waals surface area contributed by atoms with E-state index in [4.69, 9.17) is 10.1 Å². The van der Waals surface area contributed by atoms with Crippen LogP contribution in [0.1, 0.15) is 64.6 Å². The molecule has 4 rings (SSSR count). The molecule has 1 aromatic heterocycles. The smallest absolute Gasteiger partial charge is 0.335 e. The first-order valence-corrected chi connectivity index (χ1v) is 9.55. The number of aromatic nitrogens is 1. The highest BCUT2D eigenvalue weighted by molar-refractivity contribution is 7.09. The number of carboxylic acids is 1. The summed E-state index contributed by atoms with van der Waals surface area (Å²) in [6, 6.07) is 7.37. The molecule has 0 radical (unpaired) electrons. The monoisotopic (exact) mass is 352 g/mol. The van der Waals surface area contributed by atoms with E-state index in [1.807, 2.05) is 24.5 Å². The Morgan fingerprint density at radius 2 is 1.96 bits per heavy atom. The van der Waals surface area contributed by atoms with Crippen molar-refractivity contribution in [1.82, 2.24) is 4.98 Å². The number of aliphatic imine (C=N–C) groups is 1. The normalized spacial score (nSPS) is 21.5. The van der Waals surface area contributed by atoms with E-state index in [0.29, 0.717) is 5.56 Å². The molecule has 4 nitrogen and oxygen atoms in total. The van der Waals surface area contributed by atoms with Gasteiger partial charge in [0.05, 0.1) is 11.3 Å². The highest BCUT2D eigenvalue weighted by atomic mass is 32.1. The van der Waals surface area contributed by atoms with Crippen molar-refractivity contribution < 1.29 is 9.90 Å². The number of aromatic carboxylic acids is 1. The summed E-state index contributed by atoms with van der Waals surface area (Å²) in [5, 5.41) is 12.5. The summed E-state index contributed by atoms with van der Waals surface area (Å²) in [7, 11) is 0. The summed E-state index contributed by atoms with van der Waals surface area (Å²) < 4.78 is 0. The third kappa shape index (κ3) is 2.93. The van der Waals surface area contributed by atoms with E-state index in [9.17, 15) is 4.79 Å². The van der Waals surface area contributed by atoms with Gasteiger partial charge >= 0.3 is 5.97 Å². The molecule has 0 saturated heterocycles. The number of carboxylic acid groups (broad SMARTS) is 1. The highest BCUT2D eigenvalue weighted by Gasteiger charge is 2.40. The topological polar surface area (TPSA) is 62.5 Å². The molecule has 1 aliphatic heterocycles. The minimum atomic E-state index is -0.881. The Labute approximate surface area is 151 Å². The molecule has 25 heavy (non-hydrogen) atoms. The fourth-order valence-electron chi connectivity index (χ4n) is 3.89. The molecule has 0 spiro atoms. The van der Waals surface area contributed by atoms with Crippen molar-refractivity contribution in [3.05, 3.63) is 63.7 Å². The predicted octanol–water partition coefficient (Wildman–Crippen LogP) is 4.77. The molecule has 5 heteroatoms. The van der Waals surface area contributed by atoms with Crippen LogP contribution in [0, 0.1) is 0 Å². The van der Waals surface area contributed by atoms with Crippen molar-refractivity contribution in [3.63, 3.8) is 0 Å². The molecule has 2 heterocycles. The van der Waals surface area contributed by atoms with Gasteiger partial charge in [0.25, 0.3) is 0 Å². The quantitative estimate of drug-likeness (QED) is 0.862. The van der Waals surface area contributed by atoms with Crippen molar-refractivity contribution in [2.24, 2.45) is 4.99 Å². The van der Waals surface area contributed by atoms with Crippen molar-refractivity contribution >= 4 is 23.5 Å². The number of hydrogen-bond acceptors (Lipinski definition) is 4. The first-order chi connectivity index (χ1) is 12.2. The number of rotatable bonds is 4. The second kappa shape index (κ2) is 6.56. The van der Waals surface area contributed by atoms with E-state index < -0.39 is 5.97 Å². The highest BCUT2D eigenvalue weighted by Crippen LogP contribution is 2.47. The van der Waals surface area contributed by atoms with Crippen LogP contribution < -0.4 is 0 Å². The van der Waals surface area contributed by atoms with E-state index >= 15 is 0 Å². The first-order valence-electron chi connectivity index (χ1n) is 8.67. The van der Waals surface area contributed by atoms with Gasteiger partial charge in [0.15, 0.2) is 0 Å². The summed E-state index contributed by atoms with van der Waals surface area (Å²) in [4.78, 5) is 20.4. The van der Waals surface area contributed by atoms with Gasteiger partial charge in [-0.2, -0.15) is 0 Å². The van der Waals surface area contributed by atoms with Gasteiger partial charge in [-0.25, -0.2) is 9.78 Å². The molecule has 1 unspecified atom stereocenters. The predicted molar refractivity (Wildman–Crippen MR) is 99.8 cm³/mol. The zero-order valence-electron chi connectivity index (χ0n) is 13.9. The summed E-state index contributed by atoms with van der Waals surface area (Å²) >= 11 is 1.73. The lowest BCUT2D eigenvalue weighted by Gasteiger charge is -2.27. The summed E-state index contributed by atoms with van der Waals surface area (Å²) in [5.74, 6) is -0.615. The van der Waals surface area contributed by atoms with Gasteiger partial charge in [-0.3, -0.25) is 4.99 Å². The Bertz CT molecular complexity index is 830. The van der Waals surface area contributed by atoms with Gasteiger partial charge < -0.3 is 5.11 Å². The van der Waals surface area contributed by atoms with Crippen LogP contribution in [-0.2, 0) is 5.41 Å². The van der Waals surface area contributed by atoms with Crippen LogP contribution in [-0.4, -0.2) is 22.3 Å². The first kappa shape index (κ1) is 16.2. The van der Waals surface area contributed by atoms with Crippen molar-refractivity contribution in [1.29, 1.82) is 0 Å². The Kier molecular flexibility index (Phi) is 4.25. The van der Waals surface area contributed by atoms with Crippen LogP contribution >= 0.6 is 11.3 Å². The van der Waals surface area contributed by atoms with E-state index in [-0.39, 0.29) is 11.3 Å². The molecule has 1 aliphatic carbocycles. The lowest BCUT2D eigenvalue weighted by atomic mass is 9.79. The number of benzene rings is 1. The van der Waals surface area contributed by atoms with E-state index in [0.717, 1.165) is 30.0 Å². The maximum Gasteiger partial charge on any atom is 0.335 e. The third-order valence-corrected chi connectivity index (χ3v) is 6.36. The maximum absolute atomic E-state index is 11.1. The van der Waals surface area contributed by atoms with Gasteiger partial charge in [0.1, 0.15) is 5.01 Å². The SMILES string of the molecule is O=C(O)c1ccc(C2(c3nc(C4C=NC=CC4)cs3)CCCC2)cc1. The summed E-state index contributed by atoms with van der Waals surface area (Å²) in [6.07, 6.45) is 11.4. The van der Waals surface area contributed by atoms with Gasteiger partial charge in [-0.15, -0.1) is 11.3 Å². The zero-order valence-corrected chi connectivity index (χ0v) is 14.7. The van der Waals surface area contributed by atoms with Gasteiger partial charge in [0, 0.05) is 29.1 Å². The number of thiazole rings is 1. The van der Waals surface area contributed by atoms with Gasteiger partial charge in [-0.05, 0) is 37.0 Å². The largest absolute Gasteiger partial charge is 0.478 e. The Hall–Kier alpha value is -2.27. The third-order valence-electron chi connectivity index (χ3n) is 5.30. The second-order valence-corrected chi connectivity index (χ2v) is 7.63. The van der Waals surface area contributed by atoms with Crippen molar-refractivity contribution in [2.75, 3.05) is 0 Å². The van der Waals surface area contributed by atoms with Gasteiger partial charge in [0.2, 0.25) is 0 Å². The second-order valence-electron chi connectivity index (χ2n) is 6.77. The summed E-state index contributed by atoms with van der Waals surface area (Å²) in [6.45, 7) is 0. The number of nitrogens with zero attached hydrogens (tertiary/aromatic N) is 2. The zero-order chi connectivity index (χ0) is 17.3. The number of carbonyl (C=O) groups is 1. The molecule has 1 N–H and O–H groups in total. The molecular formula is C20H20N2O2S. The Balaban J connectivity index is 1.69. The van der Waals surface area contributed by atoms with Crippen molar-refractivity contribution in [3.8, 4) is 0 Å². The molecular weight excluding hydrogens is 332 g/mol. The Morgan fingerprint density at radius 1 is 1.20 bits per heavy atom. The molecule has 0 amide bonds. The summed E-state index contributed by atoms with van der Waals surface area (Å²) in [5.41, 5.74) is 2.55. The maximum atomic E-state index is 11.1. The Morgan fingerprint density at radius 3 is 2.60 bits per heavy atom. The van der Waals surface area contributed by atoms with Crippen LogP contribution in [0.3, 0.4) is 0 Å². The van der Waals surface area contributed by atoms with Crippen LogP contribution in [0.5, 0.6) is 0 Å². The van der Waals surface area contributed by atoms with Gasteiger partial charge in [-0.1, -0.05) is 31.1 Å². The molecule has 128 valence electrons. The average Bonchev–Trinajstić information content (AvgIpc) is 3.33.